The number of hydrogen-bond acceptors (Lipinski definition) is 4. The van der Waals surface area contributed by atoms with Crippen LogP contribution in [-0.2, 0) is 13.2 Å². The predicted octanol–water partition coefficient (Wildman–Crippen LogP) is 2.67. The maximum atomic E-state index is 5.79. The van der Waals surface area contributed by atoms with Crippen molar-refractivity contribution in [1.82, 2.24) is 10.3 Å². The second kappa shape index (κ2) is 6.21. The SMILES string of the molecule is CCNCc1cnc(C)cc1OCc1ccco1. The summed E-state index contributed by atoms with van der Waals surface area (Å²) in [6, 6.07) is 5.71. The fourth-order valence-electron chi connectivity index (χ4n) is 1.63. The summed E-state index contributed by atoms with van der Waals surface area (Å²) in [4.78, 5) is 4.29. The van der Waals surface area contributed by atoms with Gasteiger partial charge in [-0.05, 0) is 25.6 Å². The minimum absolute atomic E-state index is 0.440. The first-order chi connectivity index (χ1) is 8.79. The van der Waals surface area contributed by atoms with E-state index in [2.05, 4.69) is 17.2 Å². The highest BCUT2D eigenvalue weighted by Crippen LogP contribution is 2.20. The first-order valence-corrected chi connectivity index (χ1v) is 6.11. The first kappa shape index (κ1) is 12.6. The van der Waals surface area contributed by atoms with Crippen molar-refractivity contribution < 1.29 is 9.15 Å². The van der Waals surface area contributed by atoms with Gasteiger partial charge in [0.25, 0.3) is 0 Å². The molecule has 2 rings (SSSR count). The smallest absolute Gasteiger partial charge is 0.146 e. The highest BCUT2D eigenvalue weighted by Gasteiger charge is 2.06. The number of pyridine rings is 1. The Morgan fingerprint density at radius 3 is 3.06 bits per heavy atom. The van der Waals surface area contributed by atoms with Gasteiger partial charge in [0.2, 0.25) is 0 Å². The second-order valence-corrected chi connectivity index (χ2v) is 4.08. The minimum atomic E-state index is 0.440. The van der Waals surface area contributed by atoms with Crippen molar-refractivity contribution in [2.45, 2.75) is 27.0 Å². The van der Waals surface area contributed by atoms with Crippen LogP contribution in [0.25, 0.3) is 0 Å². The number of aryl methyl sites for hydroxylation is 1. The van der Waals surface area contributed by atoms with Gasteiger partial charge in [-0.2, -0.15) is 0 Å². The topological polar surface area (TPSA) is 47.3 Å². The Morgan fingerprint density at radius 1 is 1.44 bits per heavy atom. The van der Waals surface area contributed by atoms with Gasteiger partial charge < -0.3 is 14.5 Å². The van der Waals surface area contributed by atoms with Gasteiger partial charge >= 0.3 is 0 Å². The molecule has 18 heavy (non-hydrogen) atoms. The van der Waals surface area contributed by atoms with E-state index in [4.69, 9.17) is 9.15 Å². The van der Waals surface area contributed by atoms with Crippen molar-refractivity contribution in [3.63, 3.8) is 0 Å². The van der Waals surface area contributed by atoms with Gasteiger partial charge in [-0.25, -0.2) is 0 Å². The number of nitrogens with one attached hydrogen (secondary N) is 1. The van der Waals surface area contributed by atoms with Crippen LogP contribution < -0.4 is 10.1 Å². The van der Waals surface area contributed by atoms with Crippen molar-refractivity contribution >= 4 is 0 Å². The number of nitrogens with zero attached hydrogens (tertiary/aromatic N) is 1. The van der Waals surface area contributed by atoms with Crippen molar-refractivity contribution in [2.75, 3.05) is 6.54 Å². The lowest BCUT2D eigenvalue weighted by Gasteiger charge is -2.11. The van der Waals surface area contributed by atoms with E-state index in [9.17, 15) is 0 Å². The van der Waals surface area contributed by atoms with Crippen LogP contribution in [-0.4, -0.2) is 11.5 Å². The van der Waals surface area contributed by atoms with E-state index in [1.165, 1.54) is 0 Å². The summed E-state index contributed by atoms with van der Waals surface area (Å²) >= 11 is 0. The fraction of sp³-hybridized carbons (Fsp3) is 0.357. The Labute approximate surface area is 107 Å². The van der Waals surface area contributed by atoms with Crippen molar-refractivity contribution in [3.05, 3.63) is 47.7 Å². The maximum absolute atomic E-state index is 5.79. The Kier molecular flexibility index (Phi) is 4.36. The lowest BCUT2D eigenvalue weighted by molar-refractivity contribution is 0.267. The number of rotatable bonds is 6. The molecule has 2 heterocycles. The molecule has 96 valence electrons. The molecule has 0 amide bonds. The lowest BCUT2D eigenvalue weighted by atomic mass is 10.2. The van der Waals surface area contributed by atoms with Gasteiger partial charge in [-0.1, -0.05) is 6.92 Å². The lowest BCUT2D eigenvalue weighted by Crippen LogP contribution is -2.13. The van der Waals surface area contributed by atoms with Crippen LogP contribution in [0.3, 0.4) is 0 Å². The number of hydrogen-bond donors (Lipinski definition) is 1. The van der Waals surface area contributed by atoms with Crippen LogP contribution in [0.15, 0.2) is 35.1 Å². The van der Waals surface area contributed by atoms with E-state index < -0.39 is 0 Å². The molecule has 0 bridgehead atoms. The third kappa shape index (κ3) is 3.34. The number of ether oxygens (including phenoxy) is 1. The van der Waals surface area contributed by atoms with E-state index in [0.717, 1.165) is 35.9 Å². The van der Waals surface area contributed by atoms with E-state index >= 15 is 0 Å². The molecule has 0 aliphatic carbocycles. The standard InChI is InChI=1S/C14H18N2O2/c1-3-15-8-12-9-16-11(2)7-14(12)18-10-13-5-4-6-17-13/h4-7,9,15H,3,8,10H2,1-2H3. The number of aromatic nitrogens is 1. The van der Waals surface area contributed by atoms with Crippen molar-refractivity contribution in [2.24, 2.45) is 0 Å². The zero-order valence-electron chi connectivity index (χ0n) is 10.8. The minimum Gasteiger partial charge on any atom is -0.485 e. The molecule has 0 saturated carbocycles. The molecule has 0 aliphatic heterocycles. The van der Waals surface area contributed by atoms with Gasteiger partial charge in [0.05, 0.1) is 6.26 Å². The van der Waals surface area contributed by atoms with Crippen LogP contribution in [0.4, 0.5) is 0 Å². The van der Waals surface area contributed by atoms with Crippen LogP contribution in [0.1, 0.15) is 23.9 Å². The summed E-state index contributed by atoms with van der Waals surface area (Å²) in [7, 11) is 0. The van der Waals surface area contributed by atoms with E-state index in [1.54, 1.807) is 6.26 Å². The summed E-state index contributed by atoms with van der Waals surface area (Å²) in [5.74, 6) is 1.68. The molecule has 2 aromatic heterocycles. The molecular weight excluding hydrogens is 228 g/mol. The van der Waals surface area contributed by atoms with E-state index in [1.807, 2.05) is 31.3 Å². The highest BCUT2D eigenvalue weighted by molar-refractivity contribution is 5.32. The molecule has 0 atom stereocenters. The second-order valence-electron chi connectivity index (χ2n) is 4.08. The fourth-order valence-corrected chi connectivity index (χ4v) is 1.63. The monoisotopic (exact) mass is 246 g/mol. The largest absolute Gasteiger partial charge is 0.485 e. The third-order valence-corrected chi connectivity index (χ3v) is 2.60. The van der Waals surface area contributed by atoms with E-state index in [0.29, 0.717) is 6.61 Å². The summed E-state index contributed by atoms with van der Waals surface area (Å²) in [6.07, 6.45) is 3.51. The normalized spacial score (nSPS) is 10.6. The van der Waals surface area contributed by atoms with Crippen LogP contribution in [0.2, 0.25) is 0 Å². The summed E-state index contributed by atoms with van der Waals surface area (Å²) in [5.41, 5.74) is 2.01. The number of furan rings is 1. The predicted molar refractivity (Wildman–Crippen MR) is 69.4 cm³/mol. The Morgan fingerprint density at radius 2 is 2.33 bits per heavy atom. The molecule has 4 nitrogen and oxygen atoms in total. The van der Waals surface area contributed by atoms with Crippen molar-refractivity contribution in [1.29, 1.82) is 0 Å². The molecule has 1 N–H and O–H groups in total. The Bertz CT molecular complexity index is 481. The van der Waals surface area contributed by atoms with Crippen LogP contribution >= 0.6 is 0 Å². The van der Waals surface area contributed by atoms with Gasteiger partial charge in [0.15, 0.2) is 0 Å². The third-order valence-electron chi connectivity index (χ3n) is 2.60. The van der Waals surface area contributed by atoms with Crippen LogP contribution in [0.5, 0.6) is 5.75 Å². The van der Waals surface area contributed by atoms with Gasteiger partial charge in [0, 0.05) is 30.1 Å². The molecule has 0 radical (unpaired) electrons. The molecule has 0 spiro atoms. The summed E-state index contributed by atoms with van der Waals surface area (Å²) in [5, 5.41) is 3.27. The molecule has 0 saturated heterocycles. The average molecular weight is 246 g/mol. The molecule has 4 heteroatoms. The Balaban J connectivity index is 2.06. The zero-order valence-corrected chi connectivity index (χ0v) is 10.8. The summed E-state index contributed by atoms with van der Waals surface area (Å²) in [6.45, 7) is 6.15. The average Bonchev–Trinajstić information content (AvgIpc) is 2.88. The molecule has 2 aromatic rings. The first-order valence-electron chi connectivity index (χ1n) is 6.11. The van der Waals surface area contributed by atoms with Gasteiger partial charge in [-0.15, -0.1) is 0 Å². The molecular formula is C14H18N2O2. The maximum Gasteiger partial charge on any atom is 0.146 e. The molecule has 0 aliphatic rings. The quantitative estimate of drug-likeness (QED) is 0.851. The Hall–Kier alpha value is -1.81. The zero-order chi connectivity index (χ0) is 12.8. The molecule has 0 aromatic carbocycles. The van der Waals surface area contributed by atoms with Crippen LogP contribution in [0, 0.1) is 6.92 Å². The van der Waals surface area contributed by atoms with Gasteiger partial charge in [-0.3, -0.25) is 4.98 Å². The molecule has 0 unspecified atom stereocenters. The highest BCUT2D eigenvalue weighted by atomic mass is 16.5. The van der Waals surface area contributed by atoms with Crippen molar-refractivity contribution in [3.8, 4) is 5.75 Å². The molecule has 0 fully saturated rings. The summed E-state index contributed by atoms with van der Waals surface area (Å²) < 4.78 is 11.0. The van der Waals surface area contributed by atoms with E-state index in [-0.39, 0.29) is 0 Å². The van der Waals surface area contributed by atoms with Gasteiger partial charge in [0.1, 0.15) is 18.1 Å².